The molecule has 0 aliphatic rings. The van der Waals surface area contributed by atoms with Crippen molar-refractivity contribution in [2.45, 2.75) is 13.8 Å². The van der Waals surface area contributed by atoms with Gasteiger partial charge in [-0.1, -0.05) is 18.2 Å². The third kappa shape index (κ3) is 6.40. The van der Waals surface area contributed by atoms with Gasteiger partial charge in [-0.15, -0.1) is 0 Å². The van der Waals surface area contributed by atoms with Crippen molar-refractivity contribution >= 4 is 25.6 Å². The van der Waals surface area contributed by atoms with Crippen LogP contribution >= 0.6 is 7.75 Å². The van der Waals surface area contributed by atoms with Crippen LogP contribution in [0.5, 0.6) is 23.0 Å². The van der Waals surface area contributed by atoms with Crippen LogP contribution in [-0.2, 0) is 13.6 Å². The van der Waals surface area contributed by atoms with Crippen molar-refractivity contribution in [3.05, 3.63) is 41.5 Å². The lowest BCUT2D eigenvalue weighted by atomic mass is 10.1. The fourth-order valence-electron chi connectivity index (χ4n) is 2.90. The topological polar surface area (TPSA) is 84.5 Å². The minimum Gasteiger partial charge on any atom is -0.495 e. The van der Waals surface area contributed by atoms with E-state index in [9.17, 15) is 4.57 Å². The van der Waals surface area contributed by atoms with E-state index in [0.29, 0.717) is 28.7 Å². The van der Waals surface area contributed by atoms with Crippen LogP contribution in [0.4, 0.5) is 5.69 Å². The molecule has 9 heteroatoms. The molecule has 2 aromatic carbocycles. The molecule has 0 bridgehead atoms. The number of nitrogens with one attached hydrogen (secondary N) is 1. The van der Waals surface area contributed by atoms with Crippen LogP contribution in [0.15, 0.2) is 30.3 Å². The molecule has 8 nitrogen and oxygen atoms in total. The van der Waals surface area contributed by atoms with Crippen LogP contribution in [0.3, 0.4) is 0 Å². The van der Waals surface area contributed by atoms with Crippen molar-refractivity contribution in [2.24, 2.45) is 0 Å². The fourth-order valence-corrected chi connectivity index (χ4v) is 4.25. The summed E-state index contributed by atoms with van der Waals surface area (Å²) in [5, 5.41) is 2.86. The Morgan fingerprint density at radius 2 is 1.32 bits per heavy atom. The monoisotopic (exact) mass is 451 g/mol. The third-order valence-electron chi connectivity index (χ3n) is 4.23. The van der Waals surface area contributed by atoms with Gasteiger partial charge in [0.25, 0.3) is 0 Å². The number of benzene rings is 2. The van der Waals surface area contributed by atoms with Crippen LogP contribution < -0.4 is 24.0 Å². The number of hydrogen-bond acceptors (Lipinski definition) is 7. The van der Waals surface area contributed by atoms with E-state index in [2.05, 4.69) is 5.09 Å². The molecule has 0 fully saturated rings. The average molecular weight is 451 g/mol. The minimum atomic E-state index is -3.51. The number of methoxy groups -OCH3 is 4. The van der Waals surface area contributed by atoms with Gasteiger partial charge in [0.05, 0.1) is 47.3 Å². The van der Waals surface area contributed by atoms with Crippen molar-refractivity contribution in [1.29, 1.82) is 0 Å². The first-order valence-electron chi connectivity index (χ1n) is 9.77. The van der Waals surface area contributed by atoms with Crippen LogP contribution in [0, 0.1) is 0 Å². The molecule has 0 aliphatic heterocycles. The highest BCUT2D eigenvalue weighted by molar-refractivity contribution is 7.55. The van der Waals surface area contributed by atoms with Gasteiger partial charge >= 0.3 is 7.75 Å². The molecule has 0 amide bonds. The number of ether oxygens (including phenoxy) is 4. The van der Waals surface area contributed by atoms with Gasteiger partial charge < -0.3 is 18.9 Å². The zero-order valence-electron chi connectivity index (χ0n) is 18.8. The largest absolute Gasteiger partial charge is 0.495 e. The van der Waals surface area contributed by atoms with Crippen LogP contribution in [-0.4, -0.2) is 41.7 Å². The summed E-state index contributed by atoms with van der Waals surface area (Å²) in [6, 6.07) is 9.15. The molecule has 2 rings (SSSR count). The maximum atomic E-state index is 12.9. The standard InChI is InChI=1S/C22H30NO7P/c1-7-29-31(24,30-8-2)23-18-13-16(11-12-19(18)25-3)9-10-17-14-20(26-4)22(28-6)21(15-17)27-5/h9-15H,7-8H2,1-6H3,(H,23,24)/b10-9-. The highest BCUT2D eigenvalue weighted by Gasteiger charge is 2.25. The Balaban J connectivity index is 2.37. The molecular formula is C22H30NO7P. The lowest BCUT2D eigenvalue weighted by Crippen LogP contribution is -2.06. The van der Waals surface area contributed by atoms with Gasteiger partial charge in [-0.2, -0.15) is 0 Å². The third-order valence-corrected chi connectivity index (χ3v) is 5.95. The van der Waals surface area contributed by atoms with E-state index >= 15 is 0 Å². The Hall–Kier alpha value is -2.67. The molecule has 1 N–H and O–H groups in total. The van der Waals surface area contributed by atoms with Gasteiger partial charge in [-0.3, -0.25) is 14.1 Å². The molecule has 0 atom stereocenters. The zero-order chi connectivity index (χ0) is 22.9. The van der Waals surface area contributed by atoms with E-state index in [0.717, 1.165) is 11.1 Å². The summed E-state index contributed by atoms with van der Waals surface area (Å²) in [6.45, 7) is 3.99. The highest BCUT2D eigenvalue weighted by atomic mass is 31.2. The molecule has 0 unspecified atom stereocenters. The Bertz CT molecular complexity index is 910. The molecule has 0 radical (unpaired) electrons. The second kappa shape index (κ2) is 11.6. The second-order valence-electron chi connectivity index (χ2n) is 6.20. The number of hydrogen-bond donors (Lipinski definition) is 1. The molecule has 0 aliphatic carbocycles. The second-order valence-corrected chi connectivity index (χ2v) is 7.93. The predicted molar refractivity (Wildman–Crippen MR) is 123 cm³/mol. The average Bonchev–Trinajstić information content (AvgIpc) is 2.77. The summed E-state index contributed by atoms with van der Waals surface area (Å²) in [7, 11) is 2.73. The first kappa shape index (κ1) is 24.6. The van der Waals surface area contributed by atoms with Gasteiger partial charge in [-0.25, -0.2) is 4.57 Å². The summed E-state index contributed by atoms with van der Waals surface area (Å²) in [5.74, 6) is 2.17. The van der Waals surface area contributed by atoms with Gasteiger partial charge in [0.2, 0.25) is 5.75 Å². The van der Waals surface area contributed by atoms with Gasteiger partial charge in [-0.05, 0) is 49.2 Å². The normalized spacial score (nSPS) is 11.4. The van der Waals surface area contributed by atoms with E-state index in [1.807, 2.05) is 30.4 Å². The Morgan fingerprint density at radius 1 is 0.774 bits per heavy atom. The maximum Gasteiger partial charge on any atom is 0.432 e. The molecule has 31 heavy (non-hydrogen) atoms. The summed E-state index contributed by atoms with van der Waals surface area (Å²) < 4.78 is 45.1. The zero-order valence-corrected chi connectivity index (χ0v) is 19.7. The van der Waals surface area contributed by atoms with Gasteiger partial charge in [0.1, 0.15) is 5.75 Å². The smallest absolute Gasteiger partial charge is 0.432 e. The predicted octanol–water partition coefficient (Wildman–Crippen LogP) is 5.48. The summed E-state index contributed by atoms with van der Waals surface area (Å²) >= 11 is 0. The van der Waals surface area contributed by atoms with Crippen LogP contribution in [0.1, 0.15) is 25.0 Å². The molecule has 0 spiro atoms. The Morgan fingerprint density at radius 3 is 1.81 bits per heavy atom. The highest BCUT2D eigenvalue weighted by Crippen LogP contribution is 2.49. The van der Waals surface area contributed by atoms with E-state index in [4.69, 9.17) is 28.0 Å². The van der Waals surface area contributed by atoms with Crippen molar-refractivity contribution in [1.82, 2.24) is 0 Å². The molecule has 0 aromatic heterocycles. The summed E-state index contributed by atoms with van der Waals surface area (Å²) in [5.41, 5.74) is 2.20. The Kier molecular flexibility index (Phi) is 9.24. The minimum absolute atomic E-state index is 0.243. The van der Waals surface area contributed by atoms with Gasteiger partial charge in [0.15, 0.2) is 11.5 Å². The van der Waals surface area contributed by atoms with Crippen molar-refractivity contribution < 1.29 is 32.6 Å². The fraction of sp³-hybridized carbons (Fsp3) is 0.364. The molecule has 0 saturated carbocycles. The van der Waals surface area contributed by atoms with E-state index in [1.165, 1.54) is 7.11 Å². The quantitative estimate of drug-likeness (QED) is 0.335. The lowest BCUT2D eigenvalue weighted by molar-refractivity contribution is 0.225. The molecule has 0 saturated heterocycles. The first-order valence-corrected chi connectivity index (χ1v) is 11.3. The SMILES string of the molecule is CCOP(=O)(Nc1cc(/C=C\c2cc(OC)c(OC)c(OC)c2)ccc1OC)OCC. The van der Waals surface area contributed by atoms with Crippen LogP contribution in [0.25, 0.3) is 12.2 Å². The van der Waals surface area contributed by atoms with Gasteiger partial charge in [0, 0.05) is 0 Å². The van der Waals surface area contributed by atoms with E-state index in [1.54, 1.807) is 47.3 Å². The maximum absolute atomic E-state index is 12.9. The molecule has 170 valence electrons. The van der Waals surface area contributed by atoms with Crippen molar-refractivity contribution in [3.63, 3.8) is 0 Å². The molecule has 2 aromatic rings. The molecular weight excluding hydrogens is 421 g/mol. The number of rotatable bonds is 12. The van der Waals surface area contributed by atoms with E-state index in [-0.39, 0.29) is 13.2 Å². The molecule has 0 heterocycles. The Labute approximate surface area is 183 Å². The van der Waals surface area contributed by atoms with Crippen molar-refractivity contribution in [3.8, 4) is 23.0 Å². The van der Waals surface area contributed by atoms with Crippen molar-refractivity contribution in [2.75, 3.05) is 46.7 Å². The number of anilines is 1. The van der Waals surface area contributed by atoms with Crippen LogP contribution in [0.2, 0.25) is 0 Å². The summed E-state index contributed by atoms with van der Waals surface area (Å²) in [4.78, 5) is 0. The summed E-state index contributed by atoms with van der Waals surface area (Å²) in [6.07, 6.45) is 3.80. The lowest BCUT2D eigenvalue weighted by Gasteiger charge is -2.20. The first-order chi connectivity index (χ1) is 14.9. The van der Waals surface area contributed by atoms with E-state index < -0.39 is 7.75 Å².